The van der Waals surface area contributed by atoms with Crippen molar-refractivity contribution in [1.82, 2.24) is 0 Å². The predicted octanol–water partition coefficient (Wildman–Crippen LogP) is 8.76. The second kappa shape index (κ2) is 45.3. The number of phosphoric ester groups is 1. The summed E-state index contributed by atoms with van der Waals surface area (Å²) in [6, 6.07) is 0. The summed E-state index contributed by atoms with van der Waals surface area (Å²) in [6.45, 7) is 3.48. The Morgan fingerprint density at radius 2 is 0.786 bits per heavy atom. The molecule has 0 aromatic carbocycles. The molecule has 0 saturated carbocycles. The molecule has 0 aliphatic rings. The number of aliphatic hydroxyl groups is 5. The van der Waals surface area contributed by atoms with Gasteiger partial charge in [-0.15, -0.1) is 0 Å². The van der Waals surface area contributed by atoms with Crippen LogP contribution in [0.15, 0.2) is 0 Å². The highest BCUT2D eigenvalue weighted by Gasteiger charge is 2.48. The summed E-state index contributed by atoms with van der Waals surface area (Å²) < 4.78 is 13.7. The van der Waals surface area contributed by atoms with E-state index in [2.05, 4.69) is 18.4 Å². The largest absolute Gasteiger partial charge is 0.469 e. The van der Waals surface area contributed by atoms with Crippen LogP contribution in [0.4, 0.5) is 0 Å². The van der Waals surface area contributed by atoms with Crippen LogP contribution in [-0.2, 0) is 18.7 Å². The van der Waals surface area contributed by atoms with E-state index in [0.29, 0.717) is 12.8 Å². The minimum Gasteiger partial charge on any atom is -0.394 e. The van der Waals surface area contributed by atoms with E-state index in [-0.39, 0.29) is 39.2 Å². The summed E-state index contributed by atoms with van der Waals surface area (Å²) in [6.07, 6.45) is 35.1. The molecule has 0 amide bonds. The second-order valence-electron chi connectivity index (χ2n) is 15.3. The number of phosphoric acid groups is 1. The highest BCUT2D eigenvalue weighted by atomic mass is 31.2. The number of ketones is 2. The molecule has 12 nitrogen and oxygen atoms in total. The summed E-state index contributed by atoms with van der Waals surface area (Å²) in [5.74, 6) is -1.28. The van der Waals surface area contributed by atoms with Crippen molar-refractivity contribution in [3.8, 4) is 0 Å². The van der Waals surface area contributed by atoms with E-state index >= 15 is 0 Å². The van der Waals surface area contributed by atoms with Gasteiger partial charge in [0.05, 0.1) is 26.4 Å². The van der Waals surface area contributed by atoms with Crippen molar-refractivity contribution >= 4 is 19.4 Å². The lowest BCUT2D eigenvalue weighted by molar-refractivity contribution is -0.166. The number of hydrogen-bond donors (Lipinski definition) is 8. The molecule has 9 N–H and O–H groups in total. The lowest BCUT2D eigenvalue weighted by Gasteiger charge is -2.29. The van der Waals surface area contributed by atoms with E-state index in [1.54, 1.807) is 0 Å². The number of carbonyl (C=O) groups excluding carboxylic acids is 2. The lowest BCUT2D eigenvalue weighted by atomic mass is 9.82. The first-order chi connectivity index (χ1) is 26.9. The van der Waals surface area contributed by atoms with Gasteiger partial charge >= 0.3 is 7.82 Å². The molecule has 1 atom stereocenters. The van der Waals surface area contributed by atoms with Crippen LogP contribution in [0.25, 0.3) is 0 Å². The summed E-state index contributed by atoms with van der Waals surface area (Å²) >= 11 is 0. The van der Waals surface area contributed by atoms with Crippen molar-refractivity contribution in [1.29, 1.82) is 0 Å². The molecule has 338 valence electrons. The number of Topliss-reactive ketones (excluding diaryl/α,β-unsaturated/α-hetero) is 2. The molecule has 0 aliphatic heterocycles. The number of aliphatic hydroxyl groups excluding tert-OH is 4. The van der Waals surface area contributed by atoms with Crippen LogP contribution in [0.5, 0.6) is 0 Å². The van der Waals surface area contributed by atoms with Crippen LogP contribution < -0.4 is 5.73 Å². The van der Waals surface area contributed by atoms with Crippen LogP contribution in [0.1, 0.15) is 219 Å². The van der Waals surface area contributed by atoms with Crippen LogP contribution >= 0.6 is 7.82 Å². The van der Waals surface area contributed by atoms with Crippen molar-refractivity contribution in [2.24, 2.45) is 5.73 Å². The average Bonchev–Trinajstić information content (AvgIpc) is 3.19. The van der Waals surface area contributed by atoms with Gasteiger partial charge in [0.15, 0.2) is 11.6 Å². The van der Waals surface area contributed by atoms with Crippen molar-refractivity contribution in [2.45, 2.75) is 231 Å². The van der Waals surface area contributed by atoms with E-state index in [1.165, 1.54) is 141 Å². The highest BCUT2D eigenvalue weighted by molar-refractivity contribution is 7.46. The van der Waals surface area contributed by atoms with Gasteiger partial charge in [-0.2, -0.15) is 0 Å². The van der Waals surface area contributed by atoms with Crippen LogP contribution in [0.3, 0.4) is 0 Å². The highest BCUT2D eigenvalue weighted by Crippen LogP contribution is 2.35. The van der Waals surface area contributed by atoms with Gasteiger partial charge in [0.2, 0.25) is 5.60 Å². The monoisotopic (exact) mass is 828 g/mol. The molecule has 0 bridgehead atoms. The molecule has 0 rings (SSSR count). The molecule has 0 heterocycles. The van der Waals surface area contributed by atoms with Gasteiger partial charge in [0.25, 0.3) is 0 Å². The molecule has 0 radical (unpaired) electrons. The third kappa shape index (κ3) is 41.4. The van der Waals surface area contributed by atoms with Gasteiger partial charge < -0.3 is 41.1 Å². The third-order valence-corrected chi connectivity index (χ3v) is 10.5. The predicted molar refractivity (Wildman–Crippen MR) is 228 cm³/mol. The van der Waals surface area contributed by atoms with Gasteiger partial charge in [-0.05, 0) is 12.8 Å². The Bertz CT molecular complexity index is 827. The molecular weight excluding hydrogens is 737 g/mol. The third-order valence-electron chi connectivity index (χ3n) is 10.00. The minimum atomic E-state index is -4.26. The van der Waals surface area contributed by atoms with Crippen molar-refractivity contribution < 1.29 is 54.0 Å². The summed E-state index contributed by atoms with van der Waals surface area (Å²) in [5, 5.41) is 45.9. The number of carbonyl (C=O) groups is 2. The van der Waals surface area contributed by atoms with Crippen molar-refractivity contribution in [3.63, 3.8) is 0 Å². The van der Waals surface area contributed by atoms with E-state index < -0.39 is 37.7 Å². The Labute approximate surface area is 342 Å². The van der Waals surface area contributed by atoms with Gasteiger partial charge in [0.1, 0.15) is 6.10 Å². The van der Waals surface area contributed by atoms with E-state index in [1.807, 2.05) is 0 Å². The first-order valence-corrected chi connectivity index (χ1v) is 24.1. The standard InChI is InChI=1S/C39H76O5.C2H8NO4P.C2H6O2/c1-3-5-7-9-11-13-15-17-19-21-23-25-27-29-31-33-36(41)39(44,38(43)35-40)37(42)34-32-30-28-26-24-22-20-18-16-14-12-10-8-6-4-2;3-1-2-7-8(4,5)6;3-1-2-4/h38,40,43-44H,3-35H2,1-2H3;1-3H2,(H2,4,5,6);3-4H,1-2H2/t38-;;/m0../s1. The zero-order valence-corrected chi connectivity index (χ0v) is 36.9. The lowest BCUT2D eigenvalue weighted by Crippen LogP contribution is -2.57. The van der Waals surface area contributed by atoms with Gasteiger partial charge in [0, 0.05) is 19.4 Å². The molecular formula is C43H90NO11P. The van der Waals surface area contributed by atoms with E-state index in [0.717, 1.165) is 38.5 Å². The first kappa shape index (κ1) is 59.5. The van der Waals surface area contributed by atoms with Gasteiger partial charge in [-0.3, -0.25) is 14.1 Å². The van der Waals surface area contributed by atoms with Crippen molar-refractivity contribution in [3.05, 3.63) is 0 Å². The molecule has 0 aliphatic carbocycles. The fourth-order valence-electron chi connectivity index (χ4n) is 6.53. The normalized spacial score (nSPS) is 12.1. The second-order valence-corrected chi connectivity index (χ2v) is 16.5. The minimum absolute atomic E-state index is 0.0659. The molecule has 0 saturated heterocycles. The van der Waals surface area contributed by atoms with Crippen LogP contribution in [0, 0.1) is 0 Å². The molecule has 0 fully saturated rings. The zero-order chi connectivity index (χ0) is 42.6. The van der Waals surface area contributed by atoms with E-state index in [4.69, 9.17) is 25.7 Å². The van der Waals surface area contributed by atoms with Gasteiger partial charge in [-0.1, -0.05) is 194 Å². The maximum Gasteiger partial charge on any atom is 0.469 e. The Morgan fingerprint density at radius 3 is 0.964 bits per heavy atom. The summed E-state index contributed by atoms with van der Waals surface area (Å²) in [5.41, 5.74) is 2.40. The molecule has 13 heteroatoms. The number of rotatable bonds is 40. The fraction of sp³-hybridized carbons (Fsp3) is 0.953. The summed E-state index contributed by atoms with van der Waals surface area (Å²) in [4.78, 5) is 41.7. The van der Waals surface area contributed by atoms with Crippen molar-refractivity contribution in [2.75, 3.05) is 33.0 Å². The molecule has 0 unspecified atom stereocenters. The van der Waals surface area contributed by atoms with Crippen LogP contribution in [-0.4, -0.2) is 91.6 Å². The van der Waals surface area contributed by atoms with Gasteiger partial charge in [-0.25, -0.2) is 4.57 Å². The molecule has 0 aromatic rings. The molecule has 56 heavy (non-hydrogen) atoms. The summed E-state index contributed by atoms with van der Waals surface area (Å²) in [7, 11) is -4.26. The number of hydrogen-bond acceptors (Lipinski definition) is 10. The molecule has 0 spiro atoms. The smallest absolute Gasteiger partial charge is 0.394 e. The Morgan fingerprint density at radius 1 is 0.536 bits per heavy atom. The quantitative estimate of drug-likeness (QED) is 0.0165. The maximum atomic E-state index is 12.9. The Kier molecular flexibility index (Phi) is 48.1. The number of nitrogens with two attached hydrogens (primary N) is 1. The maximum absolute atomic E-state index is 12.9. The van der Waals surface area contributed by atoms with Crippen LogP contribution in [0.2, 0.25) is 0 Å². The topological polar surface area (TPSA) is 228 Å². The average molecular weight is 828 g/mol. The zero-order valence-electron chi connectivity index (χ0n) is 36.0. The Balaban J connectivity index is -0.00000201. The SMILES string of the molecule is CCCCCCCCCCCCCCCCCC(=O)C(O)(C(=O)CCCCCCCCCCCCCCCCC)[C@@H](O)CO.NCCOP(=O)(O)O.OCCO. The first-order valence-electron chi connectivity index (χ1n) is 22.6. The Hall–Kier alpha value is -0.790. The molecule has 0 aromatic heterocycles. The fourth-order valence-corrected chi connectivity index (χ4v) is 6.87. The number of unbranched alkanes of at least 4 members (excludes halogenated alkanes) is 28. The van der Waals surface area contributed by atoms with E-state index in [9.17, 15) is 29.5 Å².